The summed E-state index contributed by atoms with van der Waals surface area (Å²) in [4.78, 5) is 17.6. The average Bonchev–Trinajstić information content (AvgIpc) is 3.39. The molecule has 34 heavy (non-hydrogen) atoms. The number of aromatic nitrogens is 4. The number of pyridine rings is 1. The largest absolute Gasteiger partial charge is 0.508 e. The third kappa shape index (κ3) is 5.57. The van der Waals surface area contributed by atoms with Gasteiger partial charge in [-0.25, -0.2) is 0 Å². The number of hydrogen-bond acceptors (Lipinski definition) is 9. The molecule has 0 aliphatic carbocycles. The van der Waals surface area contributed by atoms with Crippen molar-refractivity contribution in [2.24, 2.45) is 0 Å². The van der Waals surface area contributed by atoms with Crippen LogP contribution in [0.3, 0.4) is 0 Å². The quantitative estimate of drug-likeness (QED) is 0.280. The third-order valence-corrected chi connectivity index (χ3v) is 5.43. The Bertz CT molecular complexity index is 1210. The van der Waals surface area contributed by atoms with Crippen molar-refractivity contribution >= 4 is 29.2 Å². The molecule has 0 bridgehead atoms. The van der Waals surface area contributed by atoms with Crippen molar-refractivity contribution in [2.45, 2.75) is 18.9 Å². The van der Waals surface area contributed by atoms with Gasteiger partial charge in [-0.15, -0.1) is 0 Å². The molecule has 1 aliphatic heterocycles. The molecule has 1 unspecified atom stereocenters. The first-order valence-electron chi connectivity index (χ1n) is 11.2. The molecule has 4 N–H and O–H groups in total. The van der Waals surface area contributed by atoms with Gasteiger partial charge in [0, 0.05) is 36.9 Å². The Labute approximate surface area is 197 Å². The van der Waals surface area contributed by atoms with Crippen molar-refractivity contribution in [2.75, 3.05) is 29.1 Å². The molecule has 2 aromatic carbocycles. The zero-order valence-electron chi connectivity index (χ0n) is 18.5. The molecule has 2 aromatic heterocycles. The van der Waals surface area contributed by atoms with Gasteiger partial charge in [0.25, 0.3) is 0 Å². The first-order valence-corrected chi connectivity index (χ1v) is 11.2. The highest BCUT2D eigenvalue weighted by Gasteiger charge is 2.16. The molecule has 1 fully saturated rings. The second kappa shape index (κ2) is 10.1. The molecule has 9 heteroatoms. The monoisotopic (exact) mass is 455 g/mol. The fraction of sp³-hybridized carbons (Fsp3) is 0.200. The molecule has 4 aromatic rings. The van der Waals surface area contributed by atoms with Crippen molar-refractivity contribution in [1.29, 1.82) is 0 Å². The minimum Gasteiger partial charge on any atom is -0.508 e. The molecule has 9 nitrogen and oxygen atoms in total. The topological polar surface area (TPSA) is 117 Å². The highest BCUT2D eigenvalue weighted by Crippen LogP contribution is 2.24. The smallest absolute Gasteiger partial charge is 0.233 e. The lowest BCUT2D eigenvalue weighted by atomic mass is 10.1. The summed E-state index contributed by atoms with van der Waals surface area (Å²) in [7, 11) is 0. The summed E-state index contributed by atoms with van der Waals surface area (Å²) in [6.07, 6.45) is 5.80. The molecule has 0 spiro atoms. The first-order chi connectivity index (χ1) is 16.7. The third-order valence-electron chi connectivity index (χ3n) is 5.43. The van der Waals surface area contributed by atoms with E-state index in [-0.39, 0.29) is 11.9 Å². The Hall–Kier alpha value is -4.24. The minimum atomic E-state index is 0.155. The maximum atomic E-state index is 9.54. The minimum absolute atomic E-state index is 0.155. The van der Waals surface area contributed by atoms with Crippen molar-refractivity contribution in [3.8, 4) is 16.9 Å². The van der Waals surface area contributed by atoms with E-state index in [0.717, 1.165) is 42.0 Å². The van der Waals surface area contributed by atoms with Crippen LogP contribution in [-0.2, 0) is 4.74 Å². The highest BCUT2D eigenvalue weighted by molar-refractivity contribution is 5.67. The molecular formula is C25H25N7O2. The van der Waals surface area contributed by atoms with Gasteiger partial charge in [-0.2, -0.15) is 15.0 Å². The summed E-state index contributed by atoms with van der Waals surface area (Å²) in [5.41, 5.74) is 3.80. The maximum absolute atomic E-state index is 9.54. The Morgan fingerprint density at radius 3 is 1.97 bits per heavy atom. The number of phenolic OH excluding ortho intramolecular Hbond substituents is 1. The number of aromatic hydroxyl groups is 1. The number of nitrogens with zero attached hydrogens (tertiary/aromatic N) is 4. The number of phenols is 1. The number of anilines is 5. The van der Waals surface area contributed by atoms with E-state index in [2.05, 4.69) is 35.9 Å². The molecule has 1 saturated heterocycles. The van der Waals surface area contributed by atoms with Gasteiger partial charge in [0.05, 0.1) is 6.10 Å². The predicted octanol–water partition coefficient (Wildman–Crippen LogP) is 4.72. The van der Waals surface area contributed by atoms with Crippen LogP contribution in [0, 0.1) is 0 Å². The van der Waals surface area contributed by atoms with Crippen LogP contribution in [0.5, 0.6) is 5.75 Å². The van der Waals surface area contributed by atoms with Crippen LogP contribution < -0.4 is 16.0 Å². The van der Waals surface area contributed by atoms with Gasteiger partial charge in [0.2, 0.25) is 17.8 Å². The van der Waals surface area contributed by atoms with Crippen LogP contribution in [0.4, 0.5) is 29.2 Å². The van der Waals surface area contributed by atoms with Gasteiger partial charge in [-0.1, -0.05) is 12.1 Å². The molecular weight excluding hydrogens is 430 g/mol. The van der Waals surface area contributed by atoms with Crippen molar-refractivity contribution < 1.29 is 9.84 Å². The standard InChI is InChI=1S/C25H25N7O2/c33-21-9-7-20(8-10-21)29-25-31-23(27-16-22-2-1-15-34-22)30-24(32-25)28-19-5-3-17(4-6-19)18-11-13-26-14-12-18/h3-14,22,33H,1-2,15-16H2,(H3,27,28,29,30,31,32). The van der Waals surface area contributed by atoms with Gasteiger partial charge < -0.3 is 25.8 Å². The fourth-order valence-electron chi connectivity index (χ4n) is 3.67. The number of rotatable bonds is 8. The summed E-state index contributed by atoms with van der Waals surface area (Å²) in [6.45, 7) is 1.42. The Balaban J connectivity index is 1.35. The van der Waals surface area contributed by atoms with Crippen LogP contribution in [0.15, 0.2) is 73.1 Å². The van der Waals surface area contributed by atoms with Gasteiger partial charge in [-0.3, -0.25) is 4.98 Å². The van der Waals surface area contributed by atoms with Crippen LogP contribution in [-0.4, -0.2) is 44.3 Å². The van der Waals surface area contributed by atoms with E-state index in [1.165, 1.54) is 0 Å². The highest BCUT2D eigenvalue weighted by atomic mass is 16.5. The van der Waals surface area contributed by atoms with Crippen LogP contribution in [0.2, 0.25) is 0 Å². The van der Waals surface area contributed by atoms with Gasteiger partial charge in [0.15, 0.2) is 0 Å². The maximum Gasteiger partial charge on any atom is 0.233 e. The lowest BCUT2D eigenvalue weighted by Crippen LogP contribution is -2.20. The van der Waals surface area contributed by atoms with Crippen LogP contribution >= 0.6 is 0 Å². The zero-order valence-corrected chi connectivity index (χ0v) is 18.5. The number of nitrogens with one attached hydrogen (secondary N) is 3. The lowest BCUT2D eigenvalue weighted by molar-refractivity contribution is 0.120. The van der Waals surface area contributed by atoms with Crippen molar-refractivity contribution in [1.82, 2.24) is 19.9 Å². The summed E-state index contributed by atoms with van der Waals surface area (Å²) in [5, 5.41) is 19.2. The zero-order chi connectivity index (χ0) is 23.2. The molecule has 1 aliphatic rings. The van der Waals surface area contributed by atoms with Gasteiger partial charge >= 0.3 is 0 Å². The number of hydrogen-bond donors (Lipinski definition) is 4. The van der Waals surface area contributed by atoms with Crippen molar-refractivity contribution in [3.05, 3.63) is 73.1 Å². The molecule has 0 radical (unpaired) electrons. The fourth-order valence-corrected chi connectivity index (χ4v) is 3.67. The molecule has 172 valence electrons. The number of ether oxygens (including phenoxy) is 1. The summed E-state index contributed by atoms with van der Waals surface area (Å²) in [5.74, 6) is 1.43. The van der Waals surface area contributed by atoms with E-state index >= 15 is 0 Å². The Kier molecular flexibility index (Phi) is 6.44. The van der Waals surface area contributed by atoms with E-state index in [9.17, 15) is 5.11 Å². The summed E-state index contributed by atoms with van der Waals surface area (Å²) in [6, 6.07) is 18.7. The molecule has 1 atom stereocenters. The molecule has 0 saturated carbocycles. The van der Waals surface area contributed by atoms with Gasteiger partial charge in [0.1, 0.15) is 5.75 Å². The SMILES string of the molecule is Oc1ccc(Nc2nc(NCC3CCCO3)nc(Nc3ccc(-c4ccncc4)cc3)n2)cc1. The molecule has 3 heterocycles. The normalized spacial score (nSPS) is 15.1. The lowest BCUT2D eigenvalue weighted by Gasteiger charge is -2.14. The number of benzene rings is 2. The molecule has 5 rings (SSSR count). The van der Waals surface area contributed by atoms with E-state index in [1.807, 2.05) is 36.4 Å². The predicted molar refractivity (Wildman–Crippen MR) is 132 cm³/mol. The average molecular weight is 456 g/mol. The molecule has 0 amide bonds. The van der Waals surface area contributed by atoms with E-state index < -0.39 is 0 Å². The summed E-state index contributed by atoms with van der Waals surface area (Å²) < 4.78 is 5.69. The first kappa shape index (κ1) is 21.6. The van der Waals surface area contributed by atoms with E-state index in [0.29, 0.717) is 24.4 Å². The Morgan fingerprint density at radius 1 is 0.765 bits per heavy atom. The van der Waals surface area contributed by atoms with Gasteiger partial charge in [-0.05, 0) is 72.5 Å². The van der Waals surface area contributed by atoms with Crippen molar-refractivity contribution in [3.63, 3.8) is 0 Å². The van der Waals surface area contributed by atoms with E-state index in [1.54, 1.807) is 36.7 Å². The Morgan fingerprint density at radius 2 is 1.35 bits per heavy atom. The van der Waals surface area contributed by atoms with Crippen LogP contribution in [0.1, 0.15) is 12.8 Å². The summed E-state index contributed by atoms with van der Waals surface area (Å²) >= 11 is 0. The van der Waals surface area contributed by atoms with E-state index in [4.69, 9.17) is 4.74 Å². The van der Waals surface area contributed by atoms with Crippen LogP contribution in [0.25, 0.3) is 11.1 Å². The second-order valence-corrected chi connectivity index (χ2v) is 7.93. The second-order valence-electron chi connectivity index (χ2n) is 7.93.